The fourth-order valence-corrected chi connectivity index (χ4v) is 2.39. The summed E-state index contributed by atoms with van der Waals surface area (Å²) in [4.78, 5) is 15.4. The number of esters is 1. The van der Waals surface area contributed by atoms with E-state index in [1.165, 1.54) is 4.88 Å². The van der Waals surface area contributed by atoms with Crippen LogP contribution in [0.25, 0.3) is 0 Å². The number of rotatable bonds is 5. The Kier molecular flexibility index (Phi) is 5.35. The zero-order valence-corrected chi connectivity index (χ0v) is 12.7. The van der Waals surface area contributed by atoms with Gasteiger partial charge in [-0.05, 0) is 45.7 Å². The summed E-state index contributed by atoms with van der Waals surface area (Å²) >= 11 is 1.72. The van der Waals surface area contributed by atoms with E-state index in [-0.39, 0.29) is 12.0 Å². The van der Waals surface area contributed by atoms with Crippen molar-refractivity contribution in [3.8, 4) is 0 Å². The van der Waals surface area contributed by atoms with Gasteiger partial charge in [0.1, 0.15) is 11.6 Å². The van der Waals surface area contributed by atoms with Crippen molar-refractivity contribution in [1.82, 2.24) is 4.90 Å². The monoisotopic (exact) mass is 269 g/mol. The Hall–Kier alpha value is -0.870. The third-order valence-corrected chi connectivity index (χ3v) is 3.50. The Labute approximate surface area is 114 Å². The highest BCUT2D eigenvalue weighted by Gasteiger charge is 2.25. The average molecular weight is 269 g/mol. The van der Waals surface area contributed by atoms with Crippen molar-refractivity contribution in [3.05, 3.63) is 22.4 Å². The highest BCUT2D eigenvalue weighted by atomic mass is 32.1. The summed E-state index contributed by atoms with van der Waals surface area (Å²) in [6.07, 6.45) is 0. The molecule has 1 unspecified atom stereocenters. The third kappa shape index (κ3) is 4.78. The molecule has 0 aliphatic rings. The molecule has 18 heavy (non-hydrogen) atoms. The largest absolute Gasteiger partial charge is 0.459 e. The average Bonchev–Trinajstić information content (AvgIpc) is 2.75. The first kappa shape index (κ1) is 15.2. The highest BCUT2D eigenvalue weighted by Crippen LogP contribution is 2.16. The molecule has 102 valence electrons. The van der Waals surface area contributed by atoms with Crippen LogP contribution >= 0.6 is 11.3 Å². The lowest BCUT2D eigenvalue weighted by Crippen LogP contribution is -2.42. The number of nitrogens with zero attached hydrogens (tertiary/aromatic N) is 1. The van der Waals surface area contributed by atoms with Crippen molar-refractivity contribution < 1.29 is 9.53 Å². The SMILES string of the molecule is CCN(Cc1cccs1)C(C)C(=O)OC(C)(C)C. The third-order valence-electron chi connectivity index (χ3n) is 2.64. The summed E-state index contributed by atoms with van der Waals surface area (Å²) in [5.41, 5.74) is -0.423. The van der Waals surface area contributed by atoms with Crippen molar-refractivity contribution in [1.29, 1.82) is 0 Å². The van der Waals surface area contributed by atoms with E-state index >= 15 is 0 Å². The predicted molar refractivity (Wildman–Crippen MR) is 75.7 cm³/mol. The number of carbonyl (C=O) groups excluding carboxylic acids is 1. The summed E-state index contributed by atoms with van der Waals surface area (Å²) < 4.78 is 5.42. The molecule has 0 aliphatic carbocycles. The lowest BCUT2D eigenvalue weighted by Gasteiger charge is -2.29. The molecule has 1 rings (SSSR count). The number of thiophene rings is 1. The van der Waals surface area contributed by atoms with E-state index in [2.05, 4.69) is 23.3 Å². The fourth-order valence-electron chi connectivity index (χ4n) is 1.66. The van der Waals surface area contributed by atoms with Crippen molar-refractivity contribution in [2.24, 2.45) is 0 Å². The van der Waals surface area contributed by atoms with Crippen LogP contribution in [0.1, 0.15) is 39.5 Å². The second-order valence-corrected chi connectivity index (χ2v) is 6.38. The quantitative estimate of drug-likeness (QED) is 0.768. The van der Waals surface area contributed by atoms with Gasteiger partial charge in [0.25, 0.3) is 0 Å². The standard InChI is InChI=1S/C14H23NO2S/c1-6-15(10-12-8-7-9-18-12)11(2)13(16)17-14(3,4)5/h7-9,11H,6,10H2,1-5H3. The zero-order valence-electron chi connectivity index (χ0n) is 11.9. The maximum Gasteiger partial charge on any atom is 0.323 e. The fraction of sp³-hybridized carbons (Fsp3) is 0.643. The van der Waals surface area contributed by atoms with Crippen LogP contribution in [0.15, 0.2) is 17.5 Å². The Balaban J connectivity index is 2.61. The molecule has 0 aliphatic heterocycles. The number of ether oxygens (including phenoxy) is 1. The first-order chi connectivity index (χ1) is 8.33. The van der Waals surface area contributed by atoms with Gasteiger partial charge < -0.3 is 4.74 Å². The van der Waals surface area contributed by atoms with E-state index in [1.54, 1.807) is 11.3 Å². The molecule has 1 aromatic heterocycles. The van der Waals surface area contributed by atoms with Gasteiger partial charge in [0.2, 0.25) is 0 Å². The minimum Gasteiger partial charge on any atom is -0.459 e. The van der Waals surface area contributed by atoms with Crippen LogP contribution in [-0.4, -0.2) is 29.1 Å². The number of hydrogen-bond acceptors (Lipinski definition) is 4. The molecular formula is C14H23NO2S. The summed E-state index contributed by atoms with van der Waals surface area (Å²) in [6, 6.07) is 3.91. The predicted octanol–water partition coefficient (Wildman–Crippen LogP) is 3.30. The molecule has 0 N–H and O–H groups in total. The van der Waals surface area contributed by atoms with E-state index in [0.29, 0.717) is 0 Å². The topological polar surface area (TPSA) is 29.5 Å². The zero-order chi connectivity index (χ0) is 13.8. The highest BCUT2D eigenvalue weighted by molar-refractivity contribution is 7.09. The van der Waals surface area contributed by atoms with Gasteiger partial charge in [-0.25, -0.2) is 0 Å². The van der Waals surface area contributed by atoms with Gasteiger partial charge in [0.15, 0.2) is 0 Å². The van der Waals surface area contributed by atoms with E-state index in [9.17, 15) is 4.79 Å². The number of hydrogen-bond donors (Lipinski definition) is 0. The Bertz CT molecular complexity index is 368. The molecule has 0 amide bonds. The molecule has 1 aromatic rings. The van der Waals surface area contributed by atoms with Crippen LogP contribution in [0.3, 0.4) is 0 Å². The second kappa shape index (κ2) is 6.34. The number of carbonyl (C=O) groups is 1. The molecule has 0 fully saturated rings. The minimum absolute atomic E-state index is 0.152. The molecule has 4 heteroatoms. The lowest BCUT2D eigenvalue weighted by atomic mass is 10.2. The van der Waals surface area contributed by atoms with E-state index < -0.39 is 5.60 Å². The minimum atomic E-state index is -0.423. The van der Waals surface area contributed by atoms with Gasteiger partial charge in [-0.3, -0.25) is 9.69 Å². The smallest absolute Gasteiger partial charge is 0.323 e. The van der Waals surface area contributed by atoms with Crippen molar-refractivity contribution in [2.75, 3.05) is 6.54 Å². The normalized spacial score (nSPS) is 13.7. The molecule has 3 nitrogen and oxygen atoms in total. The maximum absolute atomic E-state index is 12.0. The first-order valence-corrected chi connectivity index (χ1v) is 7.20. The van der Waals surface area contributed by atoms with Gasteiger partial charge in [-0.15, -0.1) is 11.3 Å². The van der Waals surface area contributed by atoms with E-state index in [0.717, 1.165) is 13.1 Å². The van der Waals surface area contributed by atoms with Crippen LogP contribution in [0.5, 0.6) is 0 Å². The molecule has 0 saturated heterocycles. The first-order valence-electron chi connectivity index (χ1n) is 6.32. The van der Waals surface area contributed by atoms with Crippen LogP contribution in [-0.2, 0) is 16.1 Å². The van der Waals surface area contributed by atoms with Gasteiger partial charge in [-0.2, -0.15) is 0 Å². The molecule has 0 spiro atoms. The Morgan fingerprint density at radius 3 is 2.61 bits per heavy atom. The molecule has 0 saturated carbocycles. The van der Waals surface area contributed by atoms with Crippen LogP contribution in [0.4, 0.5) is 0 Å². The maximum atomic E-state index is 12.0. The van der Waals surface area contributed by atoms with Crippen molar-refractivity contribution >= 4 is 17.3 Å². The summed E-state index contributed by atoms with van der Waals surface area (Å²) in [5, 5.41) is 2.06. The van der Waals surface area contributed by atoms with Crippen LogP contribution in [0.2, 0.25) is 0 Å². The molecule has 1 heterocycles. The van der Waals surface area contributed by atoms with Crippen LogP contribution in [0, 0.1) is 0 Å². The Morgan fingerprint density at radius 1 is 1.50 bits per heavy atom. The molecule has 0 radical (unpaired) electrons. The molecule has 0 bridgehead atoms. The van der Waals surface area contributed by atoms with Crippen LogP contribution < -0.4 is 0 Å². The second-order valence-electron chi connectivity index (χ2n) is 5.35. The molecule has 1 atom stereocenters. The van der Waals surface area contributed by atoms with Crippen molar-refractivity contribution in [3.63, 3.8) is 0 Å². The van der Waals surface area contributed by atoms with Gasteiger partial charge in [0, 0.05) is 11.4 Å². The molecular weight excluding hydrogens is 246 g/mol. The number of likely N-dealkylation sites (N-methyl/N-ethyl adjacent to an activating group) is 1. The summed E-state index contributed by atoms with van der Waals surface area (Å²) in [5.74, 6) is -0.152. The van der Waals surface area contributed by atoms with Gasteiger partial charge in [0.05, 0.1) is 0 Å². The van der Waals surface area contributed by atoms with E-state index in [1.807, 2.05) is 33.8 Å². The van der Waals surface area contributed by atoms with Gasteiger partial charge in [-0.1, -0.05) is 13.0 Å². The Morgan fingerprint density at radius 2 is 2.17 bits per heavy atom. The summed E-state index contributed by atoms with van der Waals surface area (Å²) in [7, 11) is 0. The summed E-state index contributed by atoms with van der Waals surface area (Å²) in [6.45, 7) is 11.3. The molecule has 0 aromatic carbocycles. The van der Waals surface area contributed by atoms with Crippen molar-refractivity contribution in [2.45, 2.75) is 52.8 Å². The van der Waals surface area contributed by atoms with E-state index in [4.69, 9.17) is 4.74 Å². The van der Waals surface area contributed by atoms with Gasteiger partial charge >= 0.3 is 5.97 Å². The lowest BCUT2D eigenvalue weighted by molar-refractivity contribution is -0.160.